The van der Waals surface area contributed by atoms with Gasteiger partial charge in [0, 0.05) is 29.4 Å². The number of rotatable bonds is 3. The van der Waals surface area contributed by atoms with Gasteiger partial charge < -0.3 is 10.2 Å². The molecule has 0 aliphatic carbocycles. The van der Waals surface area contributed by atoms with Crippen LogP contribution in [-0.2, 0) is 9.59 Å². The third-order valence-electron chi connectivity index (χ3n) is 3.80. The molecule has 2 aromatic carbocycles. The third-order valence-corrected chi connectivity index (χ3v) is 4.78. The van der Waals surface area contributed by atoms with Crippen molar-refractivity contribution in [3.63, 3.8) is 0 Å². The smallest absolute Gasteiger partial charge is 0.229 e. The summed E-state index contributed by atoms with van der Waals surface area (Å²) in [5, 5.41) is 4.09. The first-order valence-corrected chi connectivity index (χ1v) is 8.39. The van der Waals surface area contributed by atoms with Crippen LogP contribution in [0.3, 0.4) is 0 Å². The second-order valence-electron chi connectivity index (χ2n) is 5.50. The SMILES string of the molecule is O=C(Nc1ccc(Cl)c(Cl)c1)[C@H]1CC(=O)N(c2cccc(Cl)c2)C1. The van der Waals surface area contributed by atoms with Crippen LogP contribution in [0.4, 0.5) is 11.4 Å². The van der Waals surface area contributed by atoms with Crippen molar-refractivity contribution in [3.05, 3.63) is 57.5 Å². The molecule has 0 bridgehead atoms. The largest absolute Gasteiger partial charge is 0.326 e. The average molecular weight is 384 g/mol. The molecule has 0 spiro atoms. The Balaban J connectivity index is 1.70. The number of benzene rings is 2. The van der Waals surface area contributed by atoms with Crippen molar-refractivity contribution in [1.82, 2.24) is 0 Å². The standard InChI is InChI=1S/C17H13Cl3N2O2/c18-11-2-1-3-13(7-11)22-9-10(6-16(22)23)17(24)21-12-4-5-14(19)15(20)8-12/h1-5,7-8,10H,6,9H2,(H,21,24)/t10-/m0/s1. The summed E-state index contributed by atoms with van der Waals surface area (Å²) in [4.78, 5) is 26.2. The first-order valence-electron chi connectivity index (χ1n) is 7.26. The van der Waals surface area contributed by atoms with Gasteiger partial charge in [0.1, 0.15) is 0 Å². The van der Waals surface area contributed by atoms with Crippen LogP contribution >= 0.6 is 34.8 Å². The van der Waals surface area contributed by atoms with Gasteiger partial charge in [-0.25, -0.2) is 0 Å². The third kappa shape index (κ3) is 3.66. The van der Waals surface area contributed by atoms with Crippen LogP contribution in [0.5, 0.6) is 0 Å². The number of nitrogens with zero attached hydrogens (tertiary/aromatic N) is 1. The molecular weight excluding hydrogens is 371 g/mol. The average Bonchev–Trinajstić information content (AvgIpc) is 2.93. The Morgan fingerprint density at radius 2 is 1.88 bits per heavy atom. The van der Waals surface area contributed by atoms with Gasteiger partial charge in [-0.2, -0.15) is 0 Å². The van der Waals surface area contributed by atoms with E-state index in [1.807, 2.05) is 0 Å². The minimum absolute atomic E-state index is 0.105. The molecule has 0 radical (unpaired) electrons. The Kier molecular flexibility index (Phi) is 4.99. The summed E-state index contributed by atoms with van der Waals surface area (Å²) in [5.74, 6) is -0.774. The summed E-state index contributed by atoms with van der Waals surface area (Å²) in [5.41, 5.74) is 1.24. The lowest BCUT2D eigenvalue weighted by atomic mass is 10.1. The van der Waals surface area contributed by atoms with Gasteiger partial charge in [0.15, 0.2) is 0 Å². The lowest BCUT2D eigenvalue weighted by Gasteiger charge is -2.17. The lowest BCUT2D eigenvalue weighted by Crippen LogP contribution is -2.28. The van der Waals surface area contributed by atoms with Gasteiger partial charge in [0.2, 0.25) is 11.8 Å². The van der Waals surface area contributed by atoms with Crippen molar-refractivity contribution in [2.75, 3.05) is 16.8 Å². The number of carbonyl (C=O) groups excluding carboxylic acids is 2. The van der Waals surface area contributed by atoms with Crippen LogP contribution in [0.25, 0.3) is 0 Å². The number of hydrogen-bond donors (Lipinski definition) is 1. The zero-order valence-corrected chi connectivity index (χ0v) is 14.7. The summed E-state index contributed by atoms with van der Waals surface area (Å²) in [6, 6.07) is 11.9. The highest BCUT2D eigenvalue weighted by molar-refractivity contribution is 6.42. The van der Waals surface area contributed by atoms with Crippen molar-refractivity contribution in [1.29, 1.82) is 0 Å². The van der Waals surface area contributed by atoms with Gasteiger partial charge in [-0.15, -0.1) is 0 Å². The maximum Gasteiger partial charge on any atom is 0.229 e. The monoisotopic (exact) mass is 382 g/mol. The van der Waals surface area contributed by atoms with E-state index in [0.29, 0.717) is 33.0 Å². The number of hydrogen-bond acceptors (Lipinski definition) is 2. The highest BCUT2D eigenvalue weighted by Gasteiger charge is 2.35. The number of nitrogens with one attached hydrogen (secondary N) is 1. The Hall–Kier alpha value is -1.75. The molecule has 124 valence electrons. The molecule has 1 heterocycles. The first-order chi connectivity index (χ1) is 11.4. The fourth-order valence-corrected chi connectivity index (χ4v) is 3.08. The van der Waals surface area contributed by atoms with Gasteiger partial charge in [-0.1, -0.05) is 40.9 Å². The summed E-state index contributed by atoms with van der Waals surface area (Å²) < 4.78 is 0. The summed E-state index contributed by atoms with van der Waals surface area (Å²) in [7, 11) is 0. The molecule has 2 amide bonds. The van der Waals surface area contributed by atoms with Crippen LogP contribution in [0.15, 0.2) is 42.5 Å². The molecule has 1 N–H and O–H groups in total. The number of halogens is 3. The number of carbonyl (C=O) groups is 2. The van der Waals surface area contributed by atoms with E-state index in [0.717, 1.165) is 0 Å². The van der Waals surface area contributed by atoms with Gasteiger partial charge in [-0.05, 0) is 36.4 Å². The number of anilines is 2. The van der Waals surface area contributed by atoms with E-state index in [1.54, 1.807) is 47.4 Å². The van der Waals surface area contributed by atoms with Crippen LogP contribution in [0.2, 0.25) is 15.1 Å². The highest BCUT2D eigenvalue weighted by Crippen LogP contribution is 2.29. The maximum absolute atomic E-state index is 12.4. The molecule has 4 nitrogen and oxygen atoms in total. The minimum atomic E-state index is -0.439. The second-order valence-corrected chi connectivity index (χ2v) is 6.75. The van der Waals surface area contributed by atoms with E-state index in [-0.39, 0.29) is 18.2 Å². The molecule has 0 saturated carbocycles. The van der Waals surface area contributed by atoms with Crippen LogP contribution in [0, 0.1) is 5.92 Å². The van der Waals surface area contributed by atoms with E-state index in [1.165, 1.54) is 0 Å². The molecule has 1 fully saturated rings. The summed E-state index contributed by atoms with van der Waals surface area (Å²) in [6.45, 7) is 0.312. The van der Waals surface area contributed by atoms with Crippen LogP contribution < -0.4 is 10.2 Å². The zero-order valence-electron chi connectivity index (χ0n) is 12.4. The molecule has 1 aliphatic heterocycles. The molecule has 0 unspecified atom stereocenters. The molecule has 2 aromatic rings. The van der Waals surface area contributed by atoms with Gasteiger partial charge >= 0.3 is 0 Å². The highest BCUT2D eigenvalue weighted by atomic mass is 35.5. The Morgan fingerprint density at radius 1 is 1.08 bits per heavy atom. The Labute approximate surface area is 154 Å². The van der Waals surface area contributed by atoms with E-state index in [2.05, 4.69) is 5.32 Å². The van der Waals surface area contributed by atoms with Crippen molar-refractivity contribution in [3.8, 4) is 0 Å². The summed E-state index contributed by atoms with van der Waals surface area (Å²) >= 11 is 17.8. The van der Waals surface area contributed by atoms with E-state index in [4.69, 9.17) is 34.8 Å². The molecule has 3 rings (SSSR count). The lowest BCUT2D eigenvalue weighted by molar-refractivity contribution is -0.122. The zero-order chi connectivity index (χ0) is 17.3. The van der Waals surface area contributed by atoms with Crippen molar-refractivity contribution in [2.24, 2.45) is 5.92 Å². The minimum Gasteiger partial charge on any atom is -0.326 e. The van der Waals surface area contributed by atoms with E-state index >= 15 is 0 Å². The molecule has 7 heteroatoms. The molecule has 0 aromatic heterocycles. The quantitative estimate of drug-likeness (QED) is 0.839. The van der Waals surface area contributed by atoms with E-state index in [9.17, 15) is 9.59 Å². The molecule has 1 atom stereocenters. The summed E-state index contributed by atoms with van der Waals surface area (Å²) in [6.07, 6.45) is 0.152. The Morgan fingerprint density at radius 3 is 2.58 bits per heavy atom. The van der Waals surface area contributed by atoms with E-state index < -0.39 is 5.92 Å². The van der Waals surface area contributed by atoms with Gasteiger partial charge in [0.25, 0.3) is 0 Å². The van der Waals surface area contributed by atoms with Gasteiger partial charge in [0.05, 0.1) is 16.0 Å². The maximum atomic E-state index is 12.4. The van der Waals surface area contributed by atoms with Crippen molar-refractivity contribution in [2.45, 2.75) is 6.42 Å². The predicted molar refractivity (Wildman–Crippen MR) is 97.0 cm³/mol. The fourth-order valence-electron chi connectivity index (χ4n) is 2.59. The number of amides is 2. The molecule has 1 saturated heterocycles. The van der Waals surface area contributed by atoms with Crippen molar-refractivity contribution < 1.29 is 9.59 Å². The fraction of sp³-hybridized carbons (Fsp3) is 0.176. The molecule has 24 heavy (non-hydrogen) atoms. The predicted octanol–water partition coefficient (Wildman–Crippen LogP) is 4.64. The second kappa shape index (κ2) is 7.01. The topological polar surface area (TPSA) is 49.4 Å². The van der Waals surface area contributed by atoms with Gasteiger partial charge in [-0.3, -0.25) is 9.59 Å². The van der Waals surface area contributed by atoms with Crippen LogP contribution in [0.1, 0.15) is 6.42 Å². The first kappa shape index (κ1) is 17.1. The van der Waals surface area contributed by atoms with Crippen LogP contribution in [-0.4, -0.2) is 18.4 Å². The molecular formula is C17H13Cl3N2O2. The normalized spacial score (nSPS) is 17.2. The van der Waals surface area contributed by atoms with Crippen molar-refractivity contribution >= 4 is 58.0 Å². The Bertz CT molecular complexity index is 810. The molecule has 1 aliphatic rings.